The first-order valence-corrected chi connectivity index (χ1v) is 13.9. The Morgan fingerprint density at radius 2 is 1.91 bits per heavy atom. The minimum Gasteiger partial charge on any atom is -0.362 e. The molecule has 0 radical (unpaired) electrons. The minimum absolute atomic E-state index is 0.0147. The maximum Gasteiger partial charge on any atom is 0.261 e. The number of rotatable bonds is 6. The topological polar surface area (TPSA) is 99.2 Å². The van der Waals surface area contributed by atoms with Gasteiger partial charge in [-0.05, 0) is 47.9 Å². The largest absolute Gasteiger partial charge is 0.362 e. The highest BCUT2D eigenvalue weighted by Crippen LogP contribution is 2.29. The Morgan fingerprint density at radius 1 is 1.20 bits per heavy atom. The van der Waals surface area contributed by atoms with Crippen LogP contribution in [0.15, 0.2) is 52.9 Å². The number of nitrogens with zero attached hydrogens (tertiary/aromatic N) is 3. The second-order valence-corrected chi connectivity index (χ2v) is 11.8. The third-order valence-electron chi connectivity index (χ3n) is 5.58. The average molecular weight is 533 g/mol. The molecule has 11 heteroatoms. The van der Waals surface area contributed by atoms with Gasteiger partial charge in [-0.3, -0.25) is 9.59 Å². The number of halogens is 1. The van der Waals surface area contributed by atoms with Crippen LogP contribution in [0.2, 0.25) is 5.02 Å². The van der Waals surface area contributed by atoms with E-state index in [0.29, 0.717) is 46.5 Å². The number of hydrogen-bond donors (Lipinski definition) is 1. The summed E-state index contributed by atoms with van der Waals surface area (Å²) in [6.07, 6.45) is 1.38. The van der Waals surface area contributed by atoms with E-state index in [1.54, 1.807) is 54.2 Å². The molecule has 1 aliphatic rings. The zero-order valence-corrected chi connectivity index (χ0v) is 21.9. The van der Waals surface area contributed by atoms with E-state index in [9.17, 15) is 18.0 Å². The number of thiophene rings is 1. The number of amidine groups is 1. The number of anilines is 1. The molecular weight excluding hydrogens is 508 g/mol. The fourth-order valence-electron chi connectivity index (χ4n) is 3.95. The van der Waals surface area contributed by atoms with E-state index in [2.05, 4.69) is 9.71 Å². The van der Waals surface area contributed by atoms with Gasteiger partial charge in [-0.2, -0.15) is 0 Å². The Labute approximate surface area is 213 Å². The third kappa shape index (κ3) is 6.01. The monoisotopic (exact) mass is 532 g/mol. The van der Waals surface area contributed by atoms with E-state index in [0.717, 1.165) is 16.3 Å². The smallest absolute Gasteiger partial charge is 0.261 e. The molecule has 1 aliphatic heterocycles. The van der Waals surface area contributed by atoms with Crippen molar-refractivity contribution < 1.29 is 18.0 Å². The van der Waals surface area contributed by atoms with Crippen LogP contribution in [-0.2, 0) is 14.8 Å². The average Bonchev–Trinajstić information content (AvgIpc) is 3.38. The van der Waals surface area contributed by atoms with Crippen LogP contribution in [-0.4, -0.2) is 64.4 Å². The molecule has 184 valence electrons. The zero-order valence-electron chi connectivity index (χ0n) is 19.5. The second kappa shape index (κ2) is 9.96. The highest BCUT2D eigenvalue weighted by molar-refractivity contribution is 7.89. The maximum atomic E-state index is 12.7. The lowest BCUT2D eigenvalue weighted by molar-refractivity contribution is -0.117. The van der Waals surface area contributed by atoms with E-state index in [1.807, 2.05) is 18.2 Å². The van der Waals surface area contributed by atoms with Crippen molar-refractivity contribution in [2.75, 3.05) is 38.3 Å². The molecule has 1 N–H and O–H groups in total. The molecule has 2 amide bonds. The summed E-state index contributed by atoms with van der Waals surface area (Å²) < 4.78 is 28.0. The summed E-state index contributed by atoms with van der Waals surface area (Å²) in [5.74, 6) is 0.111. The normalized spacial score (nSPS) is 16.7. The fraction of sp³-hybridized carbons (Fsp3) is 0.292. The summed E-state index contributed by atoms with van der Waals surface area (Å²) >= 11 is 7.42. The van der Waals surface area contributed by atoms with Gasteiger partial charge in [-0.25, -0.2) is 8.42 Å². The molecule has 0 spiro atoms. The maximum absolute atomic E-state index is 12.7. The van der Waals surface area contributed by atoms with Gasteiger partial charge in [0.05, 0.1) is 11.1 Å². The highest BCUT2D eigenvalue weighted by Gasteiger charge is 2.31. The molecule has 4 rings (SSSR count). The number of nitrogens with one attached hydrogen (secondary N) is 1. The molecule has 35 heavy (non-hydrogen) atoms. The molecule has 8 nitrogen and oxygen atoms in total. The van der Waals surface area contributed by atoms with E-state index in [-0.39, 0.29) is 17.7 Å². The lowest BCUT2D eigenvalue weighted by Crippen LogP contribution is -2.31. The van der Waals surface area contributed by atoms with Crippen LogP contribution in [0.1, 0.15) is 21.7 Å². The van der Waals surface area contributed by atoms with Gasteiger partial charge in [0, 0.05) is 60.5 Å². The first-order chi connectivity index (χ1) is 16.5. The SMILES string of the molecule is CN(C)C(=NS(C)(=O)=O)c1ccc(N2CC(CNC(=O)c3cc4ccc(Cl)cc4s3)CC2=O)cc1. The number of carbonyl (C=O) groups is 2. The fourth-order valence-corrected chi connectivity index (χ4v) is 5.79. The second-order valence-electron chi connectivity index (χ2n) is 8.67. The van der Waals surface area contributed by atoms with E-state index < -0.39 is 10.0 Å². The van der Waals surface area contributed by atoms with Crippen molar-refractivity contribution in [3.05, 3.63) is 64.0 Å². The summed E-state index contributed by atoms with van der Waals surface area (Å²) in [4.78, 5) is 29.2. The number of carbonyl (C=O) groups excluding carboxylic acids is 2. The van der Waals surface area contributed by atoms with Crippen molar-refractivity contribution in [3.8, 4) is 0 Å². The highest BCUT2D eigenvalue weighted by atomic mass is 35.5. The van der Waals surface area contributed by atoms with Crippen LogP contribution >= 0.6 is 22.9 Å². The van der Waals surface area contributed by atoms with Gasteiger partial charge < -0.3 is 15.1 Å². The number of hydrogen-bond acceptors (Lipinski definition) is 5. The van der Waals surface area contributed by atoms with Crippen molar-refractivity contribution in [2.24, 2.45) is 10.3 Å². The summed E-state index contributed by atoms with van der Waals surface area (Å²) in [5, 5.41) is 4.54. The van der Waals surface area contributed by atoms with Crippen LogP contribution in [0.25, 0.3) is 10.1 Å². The molecule has 0 aliphatic carbocycles. The van der Waals surface area contributed by atoms with Gasteiger partial charge >= 0.3 is 0 Å². The summed E-state index contributed by atoms with van der Waals surface area (Å²) in [6, 6.07) is 14.4. The van der Waals surface area contributed by atoms with E-state index in [4.69, 9.17) is 11.6 Å². The molecule has 1 atom stereocenters. The van der Waals surface area contributed by atoms with Gasteiger partial charge in [0.15, 0.2) is 0 Å². The molecule has 3 aromatic rings. The summed E-state index contributed by atoms with van der Waals surface area (Å²) in [5.41, 5.74) is 1.34. The van der Waals surface area contributed by atoms with E-state index >= 15 is 0 Å². The van der Waals surface area contributed by atoms with Crippen LogP contribution in [0, 0.1) is 5.92 Å². The lowest BCUT2D eigenvalue weighted by Gasteiger charge is -2.19. The zero-order chi connectivity index (χ0) is 25.3. The number of amides is 2. The quantitative estimate of drug-likeness (QED) is 0.386. The Balaban J connectivity index is 1.40. The molecule has 1 unspecified atom stereocenters. The van der Waals surface area contributed by atoms with Crippen molar-refractivity contribution >= 4 is 66.4 Å². The molecule has 1 aromatic heterocycles. The molecule has 0 bridgehead atoms. The Bertz CT molecular complexity index is 1420. The minimum atomic E-state index is -3.56. The van der Waals surface area contributed by atoms with Gasteiger partial charge in [0.1, 0.15) is 5.84 Å². The lowest BCUT2D eigenvalue weighted by atomic mass is 10.1. The standard InChI is InChI=1S/C24H25ClN4O4S2/c1-28(2)23(27-35(3,32)33)16-5-8-19(9-6-16)29-14-15(10-22(29)30)13-26-24(31)21-11-17-4-7-18(25)12-20(17)34-21/h4-9,11-12,15H,10,13-14H2,1-3H3,(H,26,31). The molecular formula is C24H25ClN4O4S2. The molecule has 1 saturated heterocycles. The summed E-state index contributed by atoms with van der Waals surface area (Å²) in [7, 11) is -0.125. The van der Waals surface area contributed by atoms with Gasteiger partial charge in [0.2, 0.25) is 5.91 Å². The summed E-state index contributed by atoms with van der Waals surface area (Å²) in [6.45, 7) is 0.873. The van der Waals surface area contributed by atoms with E-state index in [1.165, 1.54) is 11.3 Å². The van der Waals surface area contributed by atoms with Crippen LogP contribution in [0.5, 0.6) is 0 Å². The number of sulfonamides is 1. The Kier molecular flexibility index (Phi) is 7.16. The van der Waals surface area contributed by atoms with Crippen molar-refractivity contribution in [1.29, 1.82) is 0 Å². The predicted octanol–water partition coefficient (Wildman–Crippen LogP) is 3.61. The predicted molar refractivity (Wildman–Crippen MR) is 141 cm³/mol. The van der Waals surface area contributed by atoms with Crippen LogP contribution in [0.4, 0.5) is 5.69 Å². The number of benzene rings is 2. The molecule has 1 fully saturated rings. The Morgan fingerprint density at radius 3 is 2.57 bits per heavy atom. The van der Waals surface area contributed by atoms with Gasteiger partial charge in [0.25, 0.3) is 15.9 Å². The van der Waals surface area contributed by atoms with Crippen LogP contribution in [0.3, 0.4) is 0 Å². The van der Waals surface area contributed by atoms with Gasteiger partial charge in [-0.15, -0.1) is 15.7 Å². The van der Waals surface area contributed by atoms with Crippen molar-refractivity contribution in [2.45, 2.75) is 6.42 Å². The molecule has 0 saturated carbocycles. The first-order valence-electron chi connectivity index (χ1n) is 10.9. The number of fused-ring (bicyclic) bond motifs is 1. The van der Waals surface area contributed by atoms with Crippen LogP contribution < -0.4 is 10.2 Å². The Hall–Kier alpha value is -2.95. The first kappa shape index (κ1) is 25.2. The van der Waals surface area contributed by atoms with Crippen molar-refractivity contribution in [1.82, 2.24) is 10.2 Å². The van der Waals surface area contributed by atoms with Crippen molar-refractivity contribution in [3.63, 3.8) is 0 Å². The molecule has 2 heterocycles. The third-order valence-corrected chi connectivity index (χ3v) is 7.41. The van der Waals surface area contributed by atoms with Gasteiger partial charge in [-0.1, -0.05) is 17.7 Å². The molecule has 2 aromatic carbocycles.